The van der Waals surface area contributed by atoms with Gasteiger partial charge in [0.15, 0.2) is 16.6 Å². The molecule has 0 radical (unpaired) electrons. The molecule has 2 N–H and O–H groups in total. The summed E-state index contributed by atoms with van der Waals surface area (Å²) in [7, 11) is 0. The number of nitrogens with zero attached hydrogens (tertiary/aromatic N) is 1. The maximum Gasteiger partial charge on any atom is 0.269 e. The molecule has 2 aromatic rings. The Morgan fingerprint density at radius 3 is 2.35 bits per heavy atom. The number of rotatable bonds is 7. The molecule has 1 saturated heterocycles. The molecule has 1 aliphatic heterocycles. The van der Waals surface area contributed by atoms with Crippen molar-refractivity contribution < 1.29 is 24.0 Å². The van der Waals surface area contributed by atoms with Gasteiger partial charge in [-0.05, 0) is 76.5 Å². The molecule has 2 aromatic carbocycles. The predicted molar refractivity (Wildman–Crippen MR) is 120 cm³/mol. The molecule has 0 spiro atoms. The van der Waals surface area contributed by atoms with E-state index in [0.717, 1.165) is 5.56 Å². The van der Waals surface area contributed by atoms with Crippen molar-refractivity contribution in [1.82, 2.24) is 10.6 Å². The van der Waals surface area contributed by atoms with E-state index in [1.807, 2.05) is 6.92 Å². The second kappa shape index (κ2) is 9.67. The number of non-ortho nitro benzene ring substituents is 1. The summed E-state index contributed by atoms with van der Waals surface area (Å²) in [6, 6.07) is 9.33. The Labute approximate surface area is 190 Å². The highest BCUT2D eigenvalue weighted by Gasteiger charge is 2.26. The number of halogens is 1. The maximum atomic E-state index is 12.1. The van der Waals surface area contributed by atoms with Gasteiger partial charge >= 0.3 is 0 Å². The maximum absolute atomic E-state index is 12.1. The van der Waals surface area contributed by atoms with Crippen molar-refractivity contribution in [3.05, 3.63) is 67.7 Å². The van der Waals surface area contributed by atoms with Crippen LogP contribution < -0.4 is 20.1 Å². The van der Waals surface area contributed by atoms with Crippen molar-refractivity contribution in [2.24, 2.45) is 0 Å². The second-order valence-corrected chi connectivity index (χ2v) is 7.53. The van der Waals surface area contributed by atoms with Crippen LogP contribution in [0, 0.1) is 10.1 Å². The van der Waals surface area contributed by atoms with Crippen LogP contribution in [0.2, 0.25) is 0 Å². The topological polar surface area (TPSA) is 120 Å². The largest absolute Gasteiger partial charge is 0.490 e. The van der Waals surface area contributed by atoms with Crippen LogP contribution >= 0.6 is 28.1 Å². The molecule has 160 valence electrons. The lowest BCUT2D eigenvalue weighted by Crippen LogP contribution is -2.51. The van der Waals surface area contributed by atoms with Crippen LogP contribution in [0.5, 0.6) is 11.5 Å². The first-order valence-electron chi connectivity index (χ1n) is 8.99. The number of thiocarbonyl (C=S) groups is 1. The highest BCUT2D eigenvalue weighted by atomic mass is 79.9. The lowest BCUT2D eigenvalue weighted by Gasteiger charge is -2.17. The molecule has 2 amide bonds. The molecular weight excluding hydrogens is 490 g/mol. The Morgan fingerprint density at radius 1 is 1.13 bits per heavy atom. The number of benzene rings is 2. The molecule has 9 nitrogen and oxygen atoms in total. The Morgan fingerprint density at radius 2 is 1.77 bits per heavy atom. The third-order valence-electron chi connectivity index (χ3n) is 4.12. The minimum Gasteiger partial charge on any atom is -0.490 e. The first-order valence-corrected chi connectivity index (χ1v) is 10.2. The van der Waals surface area contributed by atoms with E-state index >= 15 is 0 Å². The zero-order valence-electron chi connectivity index (χ0n) is 16.1. The molecule has 1 fully saturated rings. The van der Waals surface area contributed by atoms with Crippen molar-refractivity contribution >= 4 is 56.8 Å². The van der Waals surface area contributed by atoms with E-state index in [-0.39, 0.29) is 23.0 Å². The number of carbonyl (C=O) groups is 2. The van der Waals surface area contributed by atoms with Gasteiger partial charge in [0.25, 0.3) is 17.5 Å². The smallest absolute Gasteiger partial charge is 0.269 e. The summed E-state index contributed by atoms with van der Waals surface area (Å²) in [4.78, 5) is 34.4. The molecule has 3 rings (SSSR count). The van der Waals surface area contributed by atoms with Gasteiger partial charge in [-0.25, -0.2) is 0 Å². The molecule has 1 aliphatic rings. The molecule has 0 aromatic heterocycles. The third-order valence-corrected chi connectivity index (χ3v) is 4.91. The van der Waals surface area contributed by atoms with E-state index in [2.05, 4.69) is 26.6 Å². The zero-order chi connectivity index (χ0) is 22.5. The van der Waals surface area contributed by atoms with E-state index in [0.29, 0.717) is 28.1 Å². The third kappa shape index (κ3) is 5.44. The molecule has 0 saturated carbocycles. The van der Waals surface area contributed by atoms with Crippen LogP contribution in [-0.2, 0) is 16.2 Å². The molecular formula is C20H16BrN3O6S. The Balaban J connectivity index is 1.85. The van der Waals surface area contributed by atoms with Crippen LogP contribution in [0.3, 0.4) is 0 Å². The van der Waals surface area contributed by atoms with Gasteiger partial charge in [0.2, 0.25) is 0 Å². The Hall–Kier alpha value is -3.31. The Kier molecular flexibility index (Phi) is 6.98. The number of nitro groups is 1. The van der Waals surface area contributed by atoms with Crippen LogP contribution in [-0.4, -0.2) is 28.5 Å². The van der Waals surface area contributed by atoms with Crippen molar-refractivity contribution in [2.45, 2.75) is 13.5 Å². The van der Waals surface area contributed by atoms with Gasteiger partial charge in [0.1, 0.15) is 12.2 Å². The van der Waals surface area contributed by atoms with Gasteiger partial charge in [-0.2, -0.15) is 0 Å². The first kappa shape index (κ1) is 22.4. The van der Waals surface area contributed by atoms with E-state index in [4.69, 9.17) is 21.7 Å². The SMILES string of the molecule is CCOc1cc(C=C2C(=O)NC(=S)NC2=O)cc(Br)c1OCc1ccc([N+](=O)[O-])cc1. The van der Waals surface area contributed by atoms with Crippen molar-refractivity contribution in [1.29, 1.82) is 0 Å². The van der Waals surface area contributed by atoms with Gasteiger partial charge in [-0.15, -0.1) is 0 Å². The number of ether oxygens (including phenoxy) is 2. The van der Waals surface area contributed by atoms with Gasteiger partial charge in [0, 0.05) is 12.1 Å². The van der Waals surface area contributed by atoms with Gasteiger partial charge in [-0.1, -0.05) is 0 Å². The molecule has 0 bridgehead atoms. The van der Waals surface area contributed by atoms with Crippen LogP contribution in [0.25, 0.3) is 6.08 Å². The summed E-state index contributed by atoms with van der Waals surface area (Å²) in [5.74, 6) is -0.374. The Bertz CT molecular complexity index is 1080. The minimum atomic E-state index is -0.596. The minimum absolute atomic E-state index is 0.00567. The summed E-state index contributed by atoms with van der Waals surface area (Å²) >= 11 is 8.22. The summed E-state index contributed by atoms with van der Waals surface area (Å²) in [5.41, 5.74) is 1.17. The molecule has 11 heteroatoms. The number of nitro benzene ring substituents is 1. The summed E-state index contributed by atoms with van der Waals surface area (Å²) in [6.07, 6.45) is 1.42. The fraction of sp³-hybridized carbons (Fsp3) is 0.150. The summed E-state index contributed by atoms with van der Waals surface area (Å²) < 4.78 is 12.1. The molecule has 1 heterocycles. The van der Waals surface area contributed by atoms with Crippen LogP contribution in [0.1, 0.15) is 18.1 Å². The lowest BCUT2D eigenvalue weighted by atomic mass is 10.1. The molecule has 31 heavy (non-hydrogen) atoms. The van der Waals surface area contributed by atoms with Crippen LogP contribution in [0.15, 0.2) is 46.4 Å². The number of carbonyl (C=O) groups excluding carboxylic acids is 2. The van der Waals surface area contributed by atoms with Gasteiger partial charge in [-0.3, -0.25) is 30.3 Å². The average molecular weight is 506 g/mol. The molecule has 0 aliphatic carbocycles. The fourth-order valence-electron chi connectivity index (χ4n) is 2.72. The number of hydrogen-bond acceptors (Lipinski definition) is 7. The lowest BCUT2D eigenvalue weighted by molar-refractivity contribution is -0.384. The van der Waals surface area contributed by atoms with E-state index < -0.39 is 16.7 Å². The van der Waals surface area contributed by atoms with E-state index in [9.17, 15) is 19.7 Å². The van der Waals surface area contributed by atoms with E-state index in [1.165, 1.54) is 18.2 Å². The quantitative estimate of drug-likeness (QED) is 0.195. The average Bonchev–Trinajstić information content (AvgIpc) is 2.70. The zero-order valence-corrected chi connectivity index (χ0v) is 18.5. The second-order valence-electron chi connectivity index (χ2n) is 6.27. The summed E-state index contributed by atoms with van der Waals surface area (Å²) in [6.45, 7) is 2.32. The highest BCUT2D eigenvalue weighted by Crippen LogP contribution is 2.38. The number of hydrogen-bond donors (Lipinski definition) is 2. The van der Waals surface area contributed by atoms with Crippen molar-refractivity contribution in [3.8, 4) is 11.5 Å². The highest BCUT2D eigenvalue weighted by molar-refractivity contribution is 9.10. The number of amides is 2. The number of nitrogens with one attached hydrogen (secondary N) is 2. The van der Waals surface area contributed by atoms with Gasteiger partial charge in [0.05, 0.1) is 16.0 Å². The summed E-state index contributed by atoms with van der Waals surface area (Å²) in [5, 5.41) is 15.5. The molecule has 0 unspecified atom stereocenters. The van der Waals surface area contributed by atoms with Crippen molar-refractivity contribution in [2.75, 3.05) is 6.61 Å². The normalized spacial score (nSPS) is 13.4. The predicted octanol–water partition coefficient (Wildman–Crippen LogP) is 3.25. The fourth-order valence-corrected chi connectivity index (χ4v) is 3.48. The van der Waals surface area contributed by atoms with Gasteiger partial charge < -0.3 is 9.47 Å². The standard InChI is InChI=1S/C20H16BrN3O6S/c1-2-29-16-9-12(7-14-18(25)22-20(31)23-19(14)26)8-15(21)17(16)30-10-11-3-5-13(6-4-11)24(27)28/h3-9H,2,10H2,1H3,(H2,22,23,25,26,31). The molecule has 0 atom stereocenters. The van der Waals surface area contributed by atoms with Crippen LogP contribution in [0.4, 0.5) is 5.69 Å². The van der Waals surface area contributed by atoms with E-state index in [1.54, 1.807) is 24.3 Å². The van der Waals surface area contributed by atoms with Crippen molar-refractivity contribution in [3.63, 3.8) is 0 Å². The monoisotopic (exact) mass is 505 g/mol. The first-order chi connectivity index (χ1) is 14.8.